The Morgan fingerprint density at radius 1 is 1.15 bits per heavy atom. The largest absolute Gasteiger partial charge is 0.356 e. The first kappa shape index (κ1) is 13.6. The number of aromatic nitrogens is 2. The Labute approximate surface area is 123 Å². The normalized spacial score (nSPS) is 22.4. The number of carbonyl (C=O) groups is 1. The molecule has 3 rings (SSSR count). The molecule has 6 heteroatoms. The van der Waals surface area contributed by atoms with Crippen molar-refractivity contribution in [3.05, 3.63) is 17.4 Å². The molecule has 0 saturated carbocycles. The van der Waals surface area contributed by atoms with Crippen molar-refractivity contribution >= 4 is 23.5 Å². The molecule has 1 aromatic heterocycles. The molecule has 2 fully saturated rings. The molecule has 108 valence electrons. The highest BCUT2D eigenvalue weighted by atomic mass is 35.5. The zero-order chi connectivity index (χ0) is 14.0. The maximum absolute atomic E-state index is 11.5. The van der Waals surface area contributed by atoms with Crippen LogP contribution in [0, 0.1) is 5.41 Å². The third-order valence-corrected chi connectivity index (χ3v) is 4.77. The van der Waals surface area contributed by atoms with E-state index in [2.05, 4.69) is 20.2 Å². The molecule has 5 nitrogen and oxygen atoms in total. The Bertz CT molecular complexity index is 482. The molecule has 0 bridgehead atoms. The number of hydrogen-bond donors (Lipinski definition) is 1. The Kier molecular flexibility index (Phi) is 3.78. The number of piperidine rings is 1. The van der Waals surface area contributed by atoms with Crippen LogP contribution < -0.4 is 10.2 Å². The summed E-state index contributed by atoms with van der Waals surface area (Å²) in [6, 6.07) is 0. The summed E-state index contributed by atoms with van der Waals surface area (Å²) in [4.78, 5) is 22.2. The van der Waals surface area contributed by atoms with E-state index in [0.717, 1.165) is 51.3 Å². The van der Waals surface area contributed by atoms with Crippen molar-refractivity contribution in [2.24, 2.45) is 5.41 Å². The van der Waals surface area contributed by atoms with Crippen molar-refractivity contribution in [1.82, 2.24) is 15.3 Å². The second-order valence-corrected chi connectivity index (χ2v) is 6.22. The zero-order valence-corrected chi connectivity index (χ0v) is 12.2. The molecule has 0 aliphatic carbocycles. The first-order chi connectivity index (χ1) is 9.67. The van der Waals surface area contributed by atoms with Crippen molar-refractivity contribution < 1.29 is 4.79 Å². The molecule has 0 aromatic carbocycles. The average molecular weight is 295 g/mol. The predicted molar refractivity (Wildman–Crippen MR) is 77.8 cm³/mol. The van der Waals surface area contributed by atoms with Crippen molar-refractivity contribution in [3.63, 3.8) is 0 Å². The fourth-order valence-electron chi connectivity index (χ4n) is 3.21. The van der Waals surface area contributed by atoms with Gasteiger partial charge in [0.25, 0.3) is 0 Å². The van der Waals surface area contributed by atoms with Crippen LogP contribution in [0.2, 0.25) is 5.02 Å². The minimum absolute atomic E-state index is 0.199. The van der Waals surface area contributed by atoms with Crippen molar-refractivity contribution in [1.29, 1.82) is 0 Å². The Balaban J connectivity index is 1.64. The number of rotatable bonds is 1. The molecule has 1 amide bonds. The highest BCUT2D eigenvalue weighted by molar-refractivity contribution is 6.30. The molecule has 2 saturated heterocycles. The van der Waals surface area contributed by atoms with Gasteiger partial charge in [0.1, 0.15) is 0 Å². The van der Waals surface area contributed by atoms with Crippen LogP contribution in [0.25, 0.3) is 0 Å². The van der Waals surface area contributed by atoms with Crippen LogP contribution in [0.3, 0.4) is 0 Å². The lowest BCUT2D eigenvalue weighted by molar-refractivity contribution is -0.120. The van der Waals surface area contributed by atoms with Gasteiger partial charge in [-0.25, -0.2) is 9.97 Å². The van der Waals surface area contributed by atoms with E-state index in [9.17, 15) is 4.79 Å². The summed E-state index contributed by atoms with van der Waals surface area (Å²) in [5, 5.41) is 3.54. The lowest BCUT2D eigenvalue weighted by Gasteiger charge is -2.41. The van der Waals surface area contributed by atoms with E-state index in [4.69, 9.17) is 11.6 Å². The first-order valence-electron chi connectivity index (χ1n) is 7.16. The first-order valence-corrected chi connectivity index (χ1v) is 7.54. The summed E-state index contributed by atoms with van der Waals surface area (Å²) in [6.07, 6.45) is 8.26. The van der Waals surface area contributed by atoms with Crippen LogP contribution in [-0.4, -0.2) is 35.5 Å². The molecule has 2 aliphatic rings. The summed E-state index contributed by atoms with van der Waals surface area (Å²) in [7, 11) is 0. The molecule has 0 unspecified atom stereocenters. The SMILES string of the molecule is O=C1CCC2(CCN1)CCN(c1ncc(Cl)cn1)CC2. The Morgan fingerprint density at radius 3 is 2.55 bits per heavy atom. The number of nitrogens with zero attached hydrogens (tertiary/aromatic N) is 3. The number of carbonyl (C=O) groups excluding carboxylic acids is 1. The molecule has 1 aromatic rings. The maximum Gasteiger partial charge on any atom is 0.225 e. The van der Waals surface area contributed by atoms with Gasteiger partial charge in [-0.2, -0.15) is 0 Å². The van der Waals surface area contributed by atoms with E-state index < -0.39 is 0 Å². The average Bonchev–Trinajstić information content (AvgIpc) is 2.64. The van der Waals surface area contributed by atoms with Gasteiger partial charge in [0, 0.05) is 26.1 Å². The number of nitrogens with one attached hydrogen (secondary N) is 1. The summed E-state index contributed by atoms with van der Waals surface area (Å²) in [5.74, 6) is 0.956. The second-order valence-electron chi connectivity index (χ2n) is 5.79. The van der Waals surface area contributed by atoms with Crippen molar-refractivity contribution in [2.75, 3.05) is 24.5 Å². The van der Waals surface area contributed by atoms with Crippen LogP contribution in [0.1, 0.15) is 32.1 Å². The molecule has 20 heavy (non-hydrogen) atoms. The minimum atomic E-state index is 0.199. The maximum atomic E-state index is 11.5. The summed E-state index contributed by atoms with van der Waals surface area (Å²) in [6.45, 7) is 2.72. The number of halogens is 1. The summed E-state index contributed by atoms with van der Waals surface area (Å²) in [5.41, 5.74) is 0.322. The fraction of sp³-hybridized carbons (Fsp3) is 0.643. The molecule has 1 N–H and O–H groups in total. The monoisotopic (exact) mass is 294 g/mol. The number of amides is 1. The predicted octanol–water partition coefficient (Wildman–Crippen LogP) is 2.02. The van der Waals surface area contributed by atoms with Crippen LogP contribution in [-0.2, 0) is 4.79 Å². The fourth-order valence-corrected chi connectivity index (χ4v) is 3.31. The smallest absolute Gasteiger partial charge is 0.225 e. The van der Waals surface area contributed by atoms with Crippen molar-refractivity contribution in [3.8, 4) is 0 Å². The molecular weight excluding hydrogens is 276 g/mol. The number of hydrogen-bond acceptors (Lipinski definition) is 4. The number of anilines is 1. The third-order valence-electron chi connectivity index (χ3n) is 4.57. The molecule has 3 heterocycles. The molecule has 0 radical (unpaired) electrons. The van der Waals surface area contributed by atoms with E-state index in [1.165, 1.54) is 0 Å². The third kappa shape index (κ3) is 2.87. The van der Waals surface area contributed by atoms with Crippen LogP contribution >= 0.6 is 11.6 Å². The lowest BCUT2D eigenvalue weighted by atomic mass is 9.73. The lowest BCUT2D eigenvalue weighted by Crippen LogP contribution is -2.41. The van der Waals surface area contributed by atoms with E-state index in [0.29, 0.717) is 16.9 Å². The van der Waals surface area contributed by atoms with Gasteiger partial charge in [0.2, 0.25) is 11.9 Å². The standard InChI is InChI=1S/C14H19ClN4O/c15-11-9-17-13(18-10-11)19-7-4-14(5-8-19)2-1-12(20)16-6-3-14/h9-10H,1-8H2,(H,16,20). The topological polar surface area (TPSA) is 58.1 Å². The summed E-state index contributed by atoms with van der Waals surface area (Å²) < 4.78 is 0. The van der Waals surface area contributed by atoms with E-state index in [1.54, 1.807) is 12.4 Å². The van der Waals surface area contributed by atoms with E-state index >= 15 is 0 Å². The Morgan fingerprint density at radius 2 is 1.85 bits per heavy atom. The molecule has 1 spiro atoms. The molecule has 2 aliphatic heterocycles. The van der Waals surface area contributed by atoms with E-state index in [-0.39, 0.29) is 5.91 Å². The van der Waals surface area contributed by atoms with Gasteiger partial charge < -0.3 is 10.2 Å². The molecule has 0 atom stereocenters. The summed E-state index contributed by atoms with van der Waals surface area (Å²) >= 11 is 5.82. The van der Waals surface area contributed by atoms with Gasteiger partial charge >= 0.3 is 0 Å². The van der Waals surface area contributed by atoms with Gasteiger partial charge in [0.05, 0.1) is 17.4 Å². The van der Waals surface area contributed by atoms with Crippen LogP contribution in [0.5, 0.6) is 0 Å². The van der Waals surface area contributed by atoms with Gasteiger partial charge in [-0.1, -0.05) is 11.6 Å². The second kappa shape index (κ2) is 5.56. The van der Waals surface area contributed by atoms with Crippen LogP contribution in [0.15, 0.2) is 12.4 Å². The van der Waals surface area contributed by atoms with Crippen LogP contribution in [0.4, 0.5) is 5.95 Å². The van der Waals surface area contributed by atoms with Gasteiger partial charge in [-0.05, 0) is 31.1 Å². The van der Waals surface area contributed by atoms with E-state index in [1.807, 2.05) is 0 Å². The zero-order valence-electron chi connectivity index (χ0n) is 11.4. The van der Waals surface area contributed by atoms with Crippen molar-refractivity contribution in [2.45, 2.75) is 32.1 Å². The van der Waals surface area contributed by atoms with Gasteiger partial charge in [-0.3, -0.25) is 4.79 Å². The van der Waals surface area contributed by atoms with Gasteiger partial charge in [0.15, 0.2) is 0 Å². The highest BCUT2D eigenvalue weighted by Gasteiger charge is 2.36. The minimum Gasteiger partial charge on any atom is -0.356 e. The Hall–Kier alpha value is -1.36. The highest BCUT2D eigenvalue weighted by Crippen LogP contribution is 2.40. The van der Waals surface area contributed by atoms with Gasteiger partial charge in [-0.15, -0.1) is 0 Å². The quantitative estimate of drug-likeness (QED) is 0.861. The molecular formula is C14H19ClN4O.